The number of benzene rings is 1. The summed E-state index contributed by atoms with van der Waals surface area (Å²) in [6.45, 7) is 0. The van der Waals surface area contributed by atoms with Gasteiger partial charge >= 0.3 is 11.2 Å². The largest absolute Gasteiger partial charge is 0.504 e. The van der Waals surface area contributed by atoms with Crippen LogP contribution in [0, 0.1) is 10.1 Å². The maximum Gasteiger partial charge on any atom is 0.395 e. The molecule has 0 aliphatic carbocycles. The highest BCUT2D eigenvalue weighted by Crippen LogP contribution is 2.25. The van der Waals surface area contributed by atoms with Gasteiger partial charge in [0.1, 0.15) is 5.82 Å². The molecule has 0 saturated carbocycles. The molecular formula is C12H9N3O6. The van der Waals surface area contributed by atoms with Gasteiger partial charge in [0.05, 0.1) is 4.92 Å². The van der Waals surface area contributed by atoms with E-state index in [2.05, 4.69) is 9.97 Å². The molecule has 2 rings (SSSR count). The zero-order chi connectivity index (χ0) is 15.6. The van der Waals surface area contributed by atoms with Gasteiger partial charge in [0.2, 0.25) is 0 Å². The van der Waals surface area contributed by atoms with E-state index in [4.69, 9.17) is 5.11 Å². The standard InChI is InChI=1S/C12H9N3O6/c16-7-3-1-6(5-8(7)17)2-4-9-13-11(18)10(15(20)21)12(19)14-9/h1-5,16-17H,(H2,13,14,18,19). The third kappa shape index (κ3) is 2.97. The van der Waals surface area contributed by atoms with Crippen LogP contribution in [0.1, 0.15) is 11.4 Å². The molecule has 0 fully saturated rings. The van der Waals surface area contributed by atoms with Crippen molar-refractivity contribution < 1.29 is 20.2 Å². The molecule has 4 N–H and O–H groups in total. The number of aromatic amines is 1. The van der Waals surface area contributed by atoms with Gasteiger partial charge in [0.25, 0.3) is 5.88 Å². The predicted octanol–water partition coefficient (Wildman–Crippen LogP) is 0.965. The van der Waals surface area contributed by atoms with E-state index in [1.165, 1.54) is 30.4 Å². The summed E-state index contributed by atoms with van der Waals surface area (Å²) in [5.74, 6) is -1.70. The molecule has 9 nitrogen and oxygen atoms in total. The van der Waals surface area contributed by atoms with E-state index in [9.17, 15) is 25.1 Å². The summed E-state index contributed by atoms with van der Waals surface area (Å²) >= 11 is 0. The van der Waals surface area contributed by atoms with Crippen molar-refractivity contribution in [1.29, 1.82) is 0 Å². The maximum absolute atomic E-state index is 11.4. The molecule has 0 aliphatic heterocycles. The van der Waals surface area contributed by atoms with E-state index in [1.54, 1.807) is 0 Å². The van der Waals surface area contributed by atoms with Crippen LogP contribution in [0.4, 0.5) is 5.69 Å². The molecule has 108 valence electrons. The zero-order valence-electron chi connectivity index (χ0n) is 10.3. The summed E-state index contributed by atoms with van der Waals surface area (Å²) in [5.41, 5.74) is -1.64. The van der Waals surface area contributed by atoms with Crippen LogP contribution in [0.5, 0.6) is 17.4 Å². The van der Waals surface area contributed by atoms with E-state index >= 15 is 0 Å². The lowest BCUT2D eigenvalue weighted by molar-refractivity contribution is -0.387. The van der Waals surface area contributed by atoms with Gasteiger partial charge in [-0.2, -0.15) is 4.98 Å². The molecule has 1 aromatic heterocycles. The monoisotopic (exact) mass is 291 g/mol. The Kier molecular flexibility index (Phi) is 3.57. The number of aromatic hydroxyl groups is 3. The maximum atomic E-state index is 11.4. The first kappa shape index (κ1) is 14.1. The van der Waals surface area contributed by atoms with E-state index in [0.717, 1.165) is 0 Å². The molecule has 0 saturated heterocycles. The minimum atomic E-state index is -1.08. The second-order valence-electron chi connectivity index (χ2n) is 3.96. The highest BCUT2D eigenvalue weighted by Gasteiger charge is 2.21. The number of phenols is 2. The Labute approximate surface area is 116 Å². The molecule has 0 bridgehead atoms. The Morgan fingerprint density at radius 2 is 1.90 bits per heavy atom. The van der Waals surface area contributed by atoms with Crippen molar-refractivity contribution in [2.45, 2.75) is 0 Å². The molecule has 9 heteroatoms. The molecular weight excluding hydrogens is 282 g/mol. The first-order valence-corrected chi connectivity index (χ1v) is 5.56. The van der Waals surface area contributed by atoms with Crippen molar-refractivity contribution in [2.24, 2.45) is 0 Å². The van der Waals surface area contributed by atoms with E-state index in [0.29, 0.717) is 5.56 Å². The number of nitrogens with one attached hydrogen (secondary N) is 1. The fraction of sp³-hybridized carbons (Fsp3) is 0. The Hall–Kier alpha value is -3.36. The van der Waals surface area contributed by atoms with Crippen molar-refractivity contribution in [3.8, 4) is 17.4 Å². The number of rotatable bonds is 3. The lowest BCUT2D eigenvalue weighted by atomic mass is 10.2. The number of phenolic OH excluding ortho intramolecular Hbond substituents is 2. The quantitative estimate of drug-likeness (QED) is 0.373. The van der Waals surface area contributed by atoms with Crippen LogP contribution >= 0.6 is 0 Å². The predicted molar refractivity (Wildman–Crippen MR) is 71.9 cm³/mol. The number of H-pyrrole nitrogens is 1. The number of nitro groups is 1. The molecule has 0 spiro atoms. The summed E-state index contributed by atoms with van der Waals surface area (Å²) in [6.07, 6.45) is 2.69. The zero-order valence-corrected chi connectivity index (χ0v) is 10.3. The average molecular weight is 291 g/mol. The van der Waals surface area contributed by atoms with Crippen molar-refractivity contribution in [3.63, 3.8) is 0 Å². The topological polar surface area (TPSA) is 150 Å². The fourth-order valence-corrected chi connectivity index (χ4v) is 1.53. The van der Waals surface area contributed by atoms with Crippen molar-refractivity contribution in [3.05, 3.63) is 50.1 Å². The molecule has 1 aromatic carbocycles. The van der Waals surface area contributed by atoms with Crippen LogP contribution in [0.15, 0.2) is 23.0 Å². The molecule has 0 atom stereocenters. The van der Waals surface area contributed by atoms with E-state index in [-0.39, 0.29) is 17.3 Å². The smallest absolute Gasteiger partial charge is 0.395 e. The number of hydrogen-bond donors (Lipinski definition) is 4. The van der Waals surface area contributed by atoms with Crippen molar-refractivity contribution in [1.82, 2.24) is 9.97 Å². The Morgan fingerprint density at radius 1 is 1.19 bits per heavy atom. The third-order valence-electron chi connectivity index (χ3n) is 2.51. The fourth-order valence-electron chi connectivity index (χ4n) is 1.53. The van der Waals surface area contributed by atoms with Gasteiger partial charge in [-0.1, -0.05) is 12.1 Å². The molecule has 0 radical (unpaired) electrons. The summed E-state index contributed by atoms with van der Waals surface area (Å²) < 4.78 is 0. The highest BCUT2D eigenvalue weighted by molar-refractivity contribution is 5.68. The Balaban J connectivity index is 2.35. The van der Waals surface area contributed by atoms with Gasteiger partial charge in [-0.05, 0) is 23.8 Å². The highest BCUT2D eigenvalue weighted by atomic mass is 16.6. The van der Waals surface area contributed by atoms with E-state index < -0.39 is 22.0 Å². The number of nitrogens with zero attached hydrogens (tertiary/aromatic N) is 2. The van der Waals surface area contributed by atoms with Crippen LogP contribution in [-0.4, -0.2) is 30.2 Å². The number of hydrogen-bond acceptors (Lipinski definition) is 7. The lowest BCUT2D eigenvalue weighted by Gasteiger charge is -1.99. The van der Waals surface area contributed by atoms with Gasteiger partial charge in [0, 0.05) is 0 Å². The average Bonchev–Trinajstić information content (AvgIpc) is 2.39. The van der Waals surface area contributed by atoms with Crippen molar-refractivity contribution >= 4 is 17.8 Å². The van der Waals surface area contributed by atoms with Crippen LogP contribution in [0.3, 0.4) is 0 Å². The molecule has 0 amide bonds. The lowest BCUT2D eigenvalue weighted by Crippen LogP contribution is -2.14. The molecule has 0 aliphatic rings. The van der Waals surface area contributed by atoms with E-state index in [1.807, 2.05) is 0 Å². The van der Waals surface area contributed by atoms with Crippen LogP contribution < -0.4 is 5.56 Å². The minimum Gasteiger partial charge on any atom is -0.504 e. The van der Waals surface area contributed by atoms with Gasteiger partial charge in [-0.15, -0.1) is 0 Å². The Morgan fingerprint density at radius 3 is 2.48 bits per heavy atom. The first-order chi connectivity index (χ1) is 9.88. The van der Waals surface area contributed by atoms with Crippen LogP contribution in [0.25, 0.3) is 12.2 Å². The summed E-state index contributed by atoms with van der Waals surface area (Å²) in [7, 11) is 0. The molecule has 0 unspecified atom stereocenters. The van der Waals surface area contributed by atoms with Gasteiger partial charge in [-0.3, -0.25) is 14.9 Å². The summed E-state index contributed by atoms with van der Waals surface area (Å²) in [6, 6.07) is 4.00. The molecule has 2 aromatic rings. The van der Waals surface area contributed by atoms with Crippen LogP contribution in [-0.2, 0) is 0 Å². The third-order valence-corrected chi connectivity index (χ3v) is 2.51. The van der Waals surface area contributed by atoms with Crippen LogP contribution in [0.2, 0.25) is 0 Å². The normalized spacial score (nSPS) is 10.9. The van der Waals surface area contributed by atoms with Gasteiger partial charge in [-0.25, -0.2) is 0 Å². The van der Waals surface area contributed by atoms with Gasteiger partial charge in [0.15, 0.2) is 11.5 Å². The first-order valence-electron chi connectivity index (χ1n) is 5.56. The second-order valence-corrected chi connectivity index (χ2v) is 3.96. The SMILES string of the molecule is O=c1[nH]c(C=Cc2ccc(O)c(O)c2)nc(O)c1[N+](=O)[O-]. The van der Waals surface area contributed by atoms with Gasteiger partial charge < -0.3 is 20.3 Å². The minimum absolute atomic E-state index is 0.101. The molecule has 1 heterocycles. The second kappa shape index (κ2) is 5.33. The summed E-state index contributed by atoms with van der Waals surface area (Å²) in [4.78, 5) is 26.5. The Bertz CT molecular complexity index is 796. The molecule has 21 heavy (non-hydrogen) atoms. The summed E-state index contributed by atoms with van der Waals surface area (Å²) in [5, 5.41) is 38.3. The van der Waals surface area contributed by atoms with Crippen molar-refractivity contribution in [2.75, 3.05) is 0 Å². The number of aromatic nitrogens is 2.